The standard InChI is InChI=1S/C16H17ClN2O2/c1-11(13-6-4-5-7-15(13)21-3)19(2)16(20)14-10-12(17)8-9-18-14/h4-11H,1-3H3. The van der Waals surface area contributed by atoms with Crippen LogP contribution in [0.25, 0.3) is 0 Å². The van der Waals surface area contributed by atoms with Gasteiger partial charge in [-0.15, -0.1) is 0 Å². The largest absolute Gasteiger partial charge is 0.496 e. The van der Waals surface area contributed by atoms with Crippen LogP contribution in [-0.4, -0.2) is 29.9 Å². The maximum Gasteiger partial charge on any atom is 0.272 e. The summed E-state index contributed by atoms with van der Waals surface area (Å²) in [5.74, 6) is 0.569. The Hall–Kier alpha value is -2.07. The third kappa shape index (κ3) is 3.34. The lowest BCUT2D eigenvalue weighted by atomic mass is 10.1. The van der Waals surface area contributed by atoms with Crippen molar-refractivity contribution < 1.29 is 9.53 Å². The summed E-state index contributed by atoms with van der Waals surface area (Å²) in [6.07, 6.45) is 1.52. The minimum atomic E-state index is -0.184. The van der Waals surface area contributed by atoms with Gasteiger partial charge in [0, 0.05) is 23.8 Å². The summed E-state index contributed by atoms with van der Waals surface area (Å²) in [5, 5.41) is 0.492. The van der Waals surface area contributed by atoms with Crippen molar-refractivity contribution in [3.8, 4) is 5.75 Å². The summed E-state index contributed by atoms with van der Waals surface area (Å²) in [4.78, 5) is 18.2. The lowest BCUT2D eigenvalue weighted by Gasteiger charge is -2.26. The number of hydrogen-bond donors (Lipinski definition) is 0. The van der Waals surface area contributed by atoms with Crippen molar-refractivity contribution in [2.45, 2.75) is 13.0 Å². The number of halogens is 1. The van der Waals surface area contributed by atoms with Crippen molar-refractivity contribution in [1.29, 1.82) is 0 Å². The molecule has 0 saturated carbocycles. The van der Waals surface area contributed by atoms with Crippen LogP contribution < -0.4 is 4.74 Å². The van der Waals surface area contributed by atoms with Gasteiger partial charge in [0.05, 0.1) is 13.2 Å². The first-order valence-electron chi connectivity index (χ1n) is 6.56. The lowest BCUT2D eigenvalue weighted by molar-refractivity contribution is 0.0735. The molecule has 0 spiro atoms. The molecule has 0 radical (unpaired) electrons. The Morgan fingerprint density at radius 1 is 1.33 bits per heavy atom. The van der Waals surface area contributed by atoms with Crippen molar-refractivity contribution in [2.75, 3.05) is 14.2 Å². The maximum absolute atomic E-state index is 12.5. The molecule has 0 aliphatic carbocycles. The van der Waals surface area contributed by atoms with Gasteiger partial charge in [-0.25, -0.2) is 0 Å². The first-order valence-corrected chi connectivity index (χ1v) is 6.94. The molecule has 0 aliphatic heterocycles. The molecule has 0 N–H and O–H groups in total. The van der Waals surface area contributed by atoms with E-state index in [1.807, 2.05) is 31.2 Å². The molecule has 0 aliphatic rings. The SMILES string of the molecule is COc1ccccc1C(C)N(C)C(=O)c1cc(Cl)ccn1. The average molecular weight is 305 g/mol. The van der Waals surface area contributed by atoms with Gasteiger partial charge in [-0.3, -0.25) is 9.78 Å². The van der Waals surface area contributed by atoms with Crippen LogP contribution in [0.5, 0.6) is 5.75 Å². The Kier molecular flexibility index (Phi) is 4.81. The number of rotatable bonds is 4. The minimum Gasteiger partial charge on any atom is -0.496 e. The van der Waals surface area contributed by atoms with Crippen molar-refractivity contribution in [3.05, 3.63) is 58.9 Å². The smallest absolute Gasteiger partial charge is 0.272 e. The Morgan fingerprint density at radius 2 is 2.05 bits per heavy atom. The molecule has 4 nitrogen and oxygen atoms in total. The zero-order valence-corrected chi connectivity index (χ0v) is 13.0. The summed E-state index contributed by atoms with van der Waals surface area (Å²) in [5.41, 5.74) is 1.27. The molecule has 2 rings (SSSR count). The van der Waals surface area contributed by atoms with Crippen LogP contribution in [0.3, 0.4) is 0 Å². The van der Waals surface area contributed by atoms with Gasteiger partial charge in [0.2, 0.25) is 0 Å². The molecule has 0 bridgehead atoms. The second-order valence-electron chi connectivity index (χ2n) is 4.69. The molecular weight excluding hydrogens is 288 g/mol. The van der Waals surface area contributed by atoms with E-state index in [-0.39, 0.29) is 11.9 Å². The predicted molar refractivity (Wildman–Crippen MR) is 82.7 cm³/mol. The fourth-order valence-corrected chi connectivity index (χ4v) is 2.26. The monoisotopic (exact) mass is 304 g/mol. The number of amides is 1. The number of ether oxygens (including phenoxy) is 1. The van der Waals surface area contributed by atoms with Gasteiger partial charge in [-0.05, 0) is 25.1 Å². The molecular formula is C16H17ClN2O2. The van der Waals surface area contributed by atoms with Crippen molar-refractivity contribution in [3.63, 3.8) is 0 Å². The molecule has 1 aromatic heterocycles. The van der Waals surface area contributed by atoms with Gasteiger partial charge < -0.3 is 9.64 Å². The number of carbonyl (C=O) groups is 1. The van der Waals surface area contributed by atoms with Crippen molar-refractivity contribution >= 4 is 17.5 Å². The van der Waals surface area contributed by atoms with E-state index < -0.39 is 0 Å². The first-order chi connectivity index (χ1) is 10.0. The highest BCUT2D eigenvalue weighted by atomic mass is 35.5. The maximum atomic E-state index is 12.5. The van der Waals surface area contributed by atoms with Crippen LogP contribution >= 0.6 is 11.6 Å². The van der Waals surface area contributed by atoms with Crippen LogP contribution in [0, 0.1) is 0 Å². The summed E-state index contributed by atoms with van der Waals surface area (Å²) < 4.78 is 5.35. The zero-order chi connectivity index (χ0) is 15.4. The number of aromatic nitrogens is 1. The number of pyridine rings is 1. The second-order valence-corrected chi connectivity index (χ2v) is 5.13. The molecule has 0 fully saturated rings. The third-order valence-corrected chi connectivity index (χ3v) is 3.67. The summed E-state index contributed by atoms with van der Waals surface area (Å²) >= 11 is 5.91. The number of hydrogen-bond acceptors (Lipinski definition) is 3. The summed E-state index contributed by atoms with van der Waals surface area (Å²) in [6.45, 7) is 1.94. The lowest BCUT2D eigenvalue weighted by Crippen LogP contribution is -2.30. The van der Waals surface area contributed by atoms with E-state index in [1.54, 1.807) is 31.2 Å². The molecule has 0 saturated heterocycles. The molecule has 21 heavy (non-hydrogen) atoms. The Labute approximate surface area is 129 Å². The second kappa shape index (κ2) is 6.59. The number of nitrogens with zero attached hydrogens (tertiary/aromatic N) is 2. The van der Waals surface area contributed by atoms with E-state index in [1.165, 1.54) is 6.20 Å². The van der Waals surface area contributed by atoms with Gasteiger partial charge in [-0.1, -0.05) is 29.8 Å². The zero-order valence-electron chi connectivity index (χ0n) is 12.2. The predicted octanol–water partition coefficient (Wildman–Crippen LogP) is 3.58. The number of methoxy groups -OCH3 is 1. The molecule has 1 heterocycles. The molecule has 110 valence electrons. The van der Waals surface area contributed by atoms with Crippen LogP contribution in [0.2, 0.25) is 5.02 Å². The first kappa shape index (κ1) is 15.3. The minimum absolute atomic E-state index is 0.144. The quantitative estimate of drug-likeness (QED) is 0.867. The van der Waals surface area contributed by atoms with Crippen LogP contribution in [0.1, 0.15) is 29.0 Å². The van der Waals surface area contributed by atoms with Crippen LogP contribution in [-0.2, 0) is 0 Å². The average Bonchev–Trinajstić information content (AvgIpc) is 2.52. The fraction of sp³-hybridized carbons (Fsp3) is 0.250. The van der Waals surface area contributed by atoms with Gasteiger partial charge in [0.1, 0.15) is 11.4 Å². The van der Waals surface area contributed by atoms with E-state index in [0.717, 1.165) is 11.3 Å². The molecule has 1 aromatic carbocycles. The topological polar surface area (TPSA) is 42.4 Å². The van der Waals surface area contributed by atoms with Crippen molar-refractivity contribution in [1.82, 2.24) is 9.88 Å². The fourth-order valence-electron chi connectivity index (χ4n) is 2.10. The molecule has 1 amide bonds. The highest BCUT2D eigenvalue weighted by molar-refractivity contribution is 6.30. The van der Waals surface area contributed by atoms with E-state index in [9.17, 15) is 4.79 Å². The molecule has 1 unspecified atom stereocenters. The number of carbonyl (C=O) groups excluding carboxylic acids is 1. The van der Waals surface area contributed by atoms with Gasteiger partial charge in [-0.2, -0.15) is 0 Å². The Morgan fingerprint density at radius 3 is 2.71 bits per heavy atom. The van der Waals surface area contributed by atoms with E-state index in [4.69, 9.17) is 16.3 Å². The van der Waals surface area contributed by atoms with E-state index in [2.05, 4.69) is 4.98 Å². The number of para-hydroxylation sites is 1. The number of benzene rings is 1. The van der Waals surface area contributed by atoms with E-state index >= 15 is 0 Å². The Bertz CT molecular complexity index is 646. The van der Waals surface area contributed by atoms with Crippen molar-refractivity contribution in [2.24, 2.45) is 0 Å². The van der Waals surface area contributed by atoms with Gasteiger partial charge in [0.15, 0.2) is 0 Å². The molecule has 5 heteroatoms. The summed E-state index contributed by atoms with van der Waals surface area (Å²) in [6, 6.07) is 10.7. The van der Waals surface area contributed by atoms with Crippen LogP contribution in [0.4, 0.5) is 0 Å². The molecule has 2 aromatic rings. The Balaban J connectivity index is 2.26. The molecule has 1 atom stereocenters. The van der Waals surface area contributed by atoms with Gasteiger partial charge >= 0.3 is 0 Å². The summed E-state index contributed by atoms with van der Waals surface area (Å²) in [7, 11) is 3.36. The van der Waals surface area contributed by atoms with E-state index in [0.29, 0.717) is 10.7 Å². The third-order valence-electron chi connectivity index (χ3n) is 3.43. The van der Waals surface area contributed by atoms with Crippen LogP contribution in [0.15, 0.2) is 42.6 Å². The highest BCUT2D eigenvalue weighted by Gasteiger charge is 2.22. The van der Waals surface area contributed by atoms with Gasteiger partial charge in [0.25, 0.3) is 5.91 Å². The normalized spacial score (nSPS) is 11.8. The highest BCUT2D eigenvalue weighted by Crippen LogP contribution is 2.28.